The third-order valence-electron chi connectivity index (χ3n) is 6.39. The molecule has 208 valence electrons. The molecule has 3 N–H and O–H groups in total. The smallest absolute Gasteiger partial charge is 0.281 e. The van der Waals surface area contributed by atoms with Crippen LogP contribution >= 0.6 is 0 Å². The highest BCUT2D eigenvalue weighted by Gasteiger charge is 2.39. The van der Waals surface area contributed by atoms with Crippen LogP contribution in [-0.2, 0) is 10.0 Å². The second-order valence-electron chi connectivity index (χ2n) is 10.6. The van der Waals surface area contributed by atoms with Gasteiger partial charge in [-0.3, -0.25) is 4.79 Å². The quantitative estimate of drug-likeness (QED) is 0.433. The van der Waals surface area contributed by atoms with E-state index in [0.717, 1.165) is 17.7 Å². The maximum atomic E-state index is 13.4. The zero-order valence-corrected chi connectivity index (χ0v) is 23.3. The van der Waals surface area contributed by atoms with Crippen LogP contribution in [0.5, 0.6) is 5.88 Å². The molecule has 3 aromatic heterocycles. The van der Waals surface area contributed by atoms with Gasteiger partial charge < -0.3 is 15.4 Å². The SMILES string of the molecule is Cc1nc(OC(C)C)ccc1-c1ccc(C(=O)NS(=O)(=O)c2cccc(N)n2)c(N2CC(C)CC2(C)C)n1.[HH].[HH].[HH]. The molecule has 0 saturated carbocycles. The number of nitrogens with one attached hydrogen (secondary N) is 1. The summed E-state index contributed by atoms with van der Waals surface area (Å²) in [6, 6.07) is 11.2. The summed E-state index contributed by atoms with van der Waals surface area (Å²) in [5.41, 5.74) is 7.63. The number of pyridine rings is 3. The molecule has 1 amide bonds. The van der Waals surface area contributed by atoms with Gasteiger partial charge in [0.1, 0.15) is 11.6 Å². The summed E-state index contributed by atoms with van der Waals surface area (Å²) in [6.07, 6.45) is 0.890. The first kappa shape index (κ1) is 27.3. The van der Waals surface area contributed by atoms with E-state index in [1.165, 1.54) is 18.2 Å². The summed E-state index contributed by atoms with van der Waals surface area (Å²) < 4.78 is 33.7. The lowest BCUT2D eigenvalue weighted by molar-refractivity contribution is 0.0981. The first-order valence-corrected chi connectivity index (χ1v) is 14.0. The Kier molecular flexibility index (Phi) is 7.33. The number of aromatic nitrogens is 3. The molecule has 1 atom stereocenters. The molecular weight excluding hydrogens is 504 g/mol. The topological polar surface area (TPSA) is 140 Å². The van der Waals surface area contributed by atoms with Crippen LogP contribution in [0.15, 0.2) is 47.5 Å². The summed E-state index contributed by atoms with van der Waals surface area (Å²) in [4.78, 5) is 28.8. The third kappa shape index (κ3) is 5.72. The maximum Gasteiger partial charge on any atom is 0.281 e. The average molecular weight is 545 g/mol. The molecule has 4 rings (SSSR count). The number of carbonyl (C=O) groups is 1. The Morgan fingerprint density at radius 1 is 1.16 bits per heavy atom. The fourth-order valence-electron chi connectivity index (χ4n) is 4.87. The molecule has 1 saturated heterocycles. The van der Waals surface area contributed by atoms with Crippen molar-refractivity contribution >= 4 is 27.6 Å². The predicted molar refractivity (Wildman–Crippen MR) is 153 cm³/mol. The van der Waals surface area contributed by atoms with Crippen LogP contribution in [-0.4, -0.2) is 47.5 Å². The fraction of sp³-hybridized carbons (Fsp3) is 0.407. The minimum absolute atomic E-state index is 0. The average Bonchev–Trinajstić information content (AvgIpc) is 3.09. The van der Waals surface area contributed by atoms with Crippen molar-refractivity contribution in [3.63, 3.8) is 0 Å². The van der Waals surface area contributed by atoms with Crippen molar-refractivity contribution in [3.05, 3.63) is 53.7 Å². The van der Waals surface area contributed by atoms with Crippen molar-refractivity contribution in [1.82, 2.24) is 19.7 Å². The van der Waals surface area contributed by atoms with Crippen LogP contribution in [0, 0.1) is 12.8 Å². The molecule has 0 aliphatic carbocycles. The van der Waals surface area contributed by atoms with Crippen LogP contribution in [0.3, 0.4) is 0 Å². The van der Waals surface area contributed by atoms with Crippen molar-refractivity contribution in [2.75, 3.05) is 17.2 Å². The molecule has 0 bridgehead atoms. The van der Waals surface area contributed by atoms with E-state index in [9.17, 15) is 13.2 Å². The Balaban J connectivity index is 0.00000280. The lowest BCUT2D eigenvalue weighted by Crippen LogP contribution is -2.41. The summed E-state index contributed by atoms with van der Waals surface area (Å²) in [5, 5.41) is -0.336. The number of hydrogen-bond acceptors (Lipinski definition) is 9. The highest BCUT2D eigenvalue weighted by Crippen LogP contribution is 2.38. The summed E-state index contributed by atoms with van der Waals surface area (Å²) in [7, 11) is -4.25. The normalized spacial score (nSPS) is 17.0. The van der Waals surface area contributed by atoms with Gasteiger partial charge in [0, 0.05) is 28.0 Å². The number of sulfonamides is 1. The van der Waals surface area contributed by atoms with Gasteiger partial charge in [-0.15, -0.1) is 0 Å². The summed E-state index contributed by atoms with van der Waals surface area (Å²) in [6.45, 7) is 12.7. The van der Waals surface area contributed by atoms with Crippen molar-refractivity contribution in [3.8, 4) is 17.1 Å². The van der Waals surface area contributed by atoms with Crippen molar-refractivity contribution in [2.24, 2.45) is 5.92 Å². The maximum absolute atomic E-state index is 13.4. The minimum Gasteiger partial charge on any atom is -0.475 e. The van der Waals surface area contributed by atoms with Crippen molar-refractivity contribution < 1.29 is 22.2 Å². The Morgan fingerprint density at radius 3 is 2.50 bits per heavy atom. The van der Waals surface area contributed by atoms with Gasteiger partial charge in [-0.25, -0.2) is 19.7 Å². The number of hydrogen-bond donors (Lipinski definition) is 2. The third-order valence-corrected chi connectivity index (χ3v) is 7.62. The van der Waals surface area contributed by atoms with Gasteiger partial charge in [0.2, 0.25) is 5.88 Å². The van der Waals surface area contributed by atoms with E-state index in [1.54, 1.807) is 18.2 Å². The minimum atomic E-state index is -4.25. The summed E-state index contributed by atoms with van der Waals surface area (Å²) in [5.74, 6) is 0.532. The van der Waals surface area contributed by atoms with E-state index in [0.29, 0.717) is 29.9 Å². The Hall–Kier alpha value is -3.73. The van der Waals surface area contributed by atoms with Crippen molar-refractivity contribution in [2.45, 2.75) is 64.6 Å². The Bertz CT molecular complexity index is 1490. The van der Waals surface area contributed by atoms with Gasteiger partial charge >= 0.3 is 0 Å². The zero-order chi connectivity index (χ0) is 27.8. The lowest BCUT2D eigenvalue weighted by Gasteiger charge is -2.34. The van der Waals surface area contributed by atoms with E-state index in [4.69, 9.17) is 15.5 Å². The van der Waals surface area contributed by atoms with Gasteiger partial charge in [0.05, 0.1) is 23.1 Å². The number of carbonyl (C=O) groups excluding carboxylic acids is 1. The molecule has 0 aromatic carbocycles. The van der Waals surface area contributed by atoms with Gasteiger partial charge in [-0.1, -0.05) is 13.0 Å². The molecule has 0 spiro atoms. The number of ether oxygens (including phenoxy) is 1. The van der Waals surface area contributed by atoms with E-state index in [-0.39, 0.29) is 32.3 Å². The monoisotopic (exact) mass is 544 g/mol. The standard InChI is InChI=1S/C27H34N6O4S.3H2/c1-16(2)37-23-13-11-19(18(4)29-23)21-12-10-20(25(30-21)33-15-17(3)14-27(33,5)6)26(34)32-38(35,36)24-9-7-8-22(28)31-24;;;/h7-13,16-17H,14-15H2,1-6H3,(H2,28,31)(H,32,34);3*1H. The number of nitrogen functional groups attached to an aromatic ring is 1. The molecule has 0 radical (unpaired) electrons. The Labute approximate surface area is 228 Å². The first-order valence-electron chi connectivity index (χ1n) is 12.5. The molecule has 3 aromatic rings. The van der Waals surface area contributed by atoms with Crippen molar-refractivity contribution in [1.29, 1.82) is 0 Å². The van der Waals surface area contributed by atoms with Gasteiger partial charge in [-0.05, 0) is 77.3 Å². The molecule has 11 heteroatoms. The van der Waals surface area contributed by atoms with Crippen LogP contribution in [0.1, 0.15) is 61.4 Å². The second kappa shape index (κ2) is 10.2. The van der Waals surface area contributed by atoms with E-state index in [1.807, 2.05) is 26.8 Å². The van der Waals surface area contributed by atoms with Gasteiger partial charge in [-0.2, -0.15) is 8.42 Å². The van der Waals surface area contributed by atoms with Gasteiger partial charge in [0.25, 0.3) is 15.9 Å². The van der Waals surface area contributed by atoms with Crippen LogP contribution in [0.2, 0.25) is 0 Å². The molecule has 10 nitrogen and oxygen atoms in total. The number of aryl methyl sites for hydroxylation is 1. The first-order chi connectivity index (χ1) is 17.8. The number of amides is 1. The molecular formula is C27H40N6O4S. The molecule has 1 aliphatic heterocycles. The Morgan fingerprint density at radius 2 is 1.89 bits per heavy atom. The number of anilines is 2. The van der Waals surface area contributed by atoms with Crippen LogP contribution in [0.25, 0.3) is 11.3 Å². The molecule has 4 heterocycles. The fourth-order valence-corrected chi connectivity index (χ4v) is 5.81. The van der Waals surface area contributed by atoms with Gasteiger partial charge in [0.15, 0.2) is 5.03 Å². The lowest BCUT2D eigenvalue weighted by atomic mass is 9.97. The number of nitrogens with two attached hydrogens (primary N) is 1. The van der Waals surface area contributed by atoms with Crippen LogP contribution in [0.4, 0.5) is 11.6 Å². The second-order valence-corrected chi connectivity index (χ2v) is 12.2. The largest absolute Gasteiger partial charge is 0.475 e. The molecule has 1 unspecified atom stereocenters. The molecule has 1 fully saturated rings. The summed E-state index contributed by atoms with van der Waals surface area (Å²) >= 11 is 0. The predicted octanol–water partition coefficient (Wildman–Crippen LogP) is 4.70. The van der Waals surface area contributed by atoms with E-state index in [2.05, 4.69) is 40.4 Å². The highest BCUT2D eigenvalue weighted by atomic mass is 32.2. The zero-order valence-electron chi connectivity index (χ0n) is 22.5. The number of nitrogens with zero attached hydrogens (tertiary/aromatic N) is 4. The van der Waals surface area contributed by atoms with E-state index < -0.39 is 15.9 Å². The molecule has 38 heavy (non-hydrogen) atoms. The number of rotatable bonds is 7. The highest BCUT2D eigenvalue weighted by molar-refractivity contribution is 7.90. The van der Waals surface area contributed by atoms with Crippen LogP contribution < -0.4 is 20.1 Å². The van der Waals surface area contributed by atoms with E-state index >= 15 is 0 Å². The molecule has 1 aliphatic rings.